The van der Waals surface area contributed by atoms with Crippen LogP contribution in [0.15, 0.2) is 53.1 Å². The number of benzene rings is 2. The molecule has 3 rings (SSSR count). The van der Waals surface area contributed by atoms with Gasteiger partial charge in [0.05, 0.1) is 6.26 Å². The van der Waals surface area contributed by atoms with Crippen LogP contribution in [0, 0.1) is 6.92 Å². The summed E-state index contributed by atoms with van der Waals surface area (Å²) in [5.41, 5.74) is 3.29. The van der Waals surface area contributed by atoms with Gasteiger partial charge in [0.2, 0.25) is 0 Å². The molecule has 1 aromatic heterocycles. The summed E-state index contributed by atoms with van der Waals surface area (Å²) in [5, 5.41) is 12.1. The van der Waals surface area contributed by atoms with Gasteiger partial charge in [0, 0.05) is 16.0 Å². The van der Waals surface area contributed by atoms with E-state index >= 15 is 0 Å². The lowest BCUT2D eigenvalue weighted by Gasteiger charge is -2.11. The van der Waals surface area contributed by atoms with Gasteiger partial charge in [0.15, 0.2) is 0 Å². The minimum Gasteiger partial charge on any atom is -0.464 e. The lowest BCUT2D eigenvalue weighted by atomic mass is 10.00. The van der Waals surface area contributed by atoms with Gasteiger partial charge in [-0.25, -0.2) is 0 Å². The number of aliphatic hydroxyl groups excluding tert-OH is 1. The maximum absolute atomic E-state index is 10.5. The van der Waals surface area contributed by atoms with Crippen LogP contribution in [0.5, 0.6) is 0 Å². The highest BCUT2D eigenvalue weighted by Crippen LogP contribution is 2.31. The Hall–Kier alpha value is -1.77. The van der Waals surface area contributed by atoms with Crippen LogP contribution >= 0.6 is 11.6 Å². The van der Waals surface area contributed by atoms with Crippen LogP contribution in [-0.4, -0.2) is 5.11 Å². The third-order valence-corrected chi connectivity index (χ3v) is 3.72. The summed E-state index contributed by atoms with van der Waals surface area (Å²) in [6.07, 6.45) is 0.866. The largest absolute Gasteiger partial charge is 0.464 e. The first-order chi connectivity index (χ1) is 9.16. The van der Waals surface area contributed by atoms with E-state index in [4.69, 9.17) is 16.0 Å². The standard InChI is InChI=1S/C16H13ClO2/c1-10-6-7-11(8-14(10)17)16(18)13-9-19-15-5-3-2-4-12(13)15/h2-9,16,18H,1H3. The van der Waals surface area contributed by atoms with E-state index in [1.54, 1.807) is 12.3 Å². The zero-order chi connectivity index (χ0) is 13.4. The van der Waals surface area contributed by atoms with Crippen LogP contribution in [0.1, 0.15) is 22.8 Å². The van der Waals surface area contributed by atoms with E-state index in [2.05, 4.69) is 0 Å². The second kappa shape index (κ2) is 4.72. The minimum absolute atomic E-state index is 0.657. The van der Waals surface area contributed by atoms with Crippen molar-refractivity contribution in [3.63, 3.8) is 0 Å². The van der Waals surface area contributed by atoms with Crippen LogP contribution in [-0.2, 0) is 0 Å². The Morgan fingerprint density at radius 2 is 1.95 bits per heavy atom. The summed E-state index contributed by atoms with van der Waals surface area (Å²) in [7, 11) is 0. The zero-order valence-corrected chi connectivity index (χ0v) is 11.2. The molecule has 1 heterocycles. The molecule has 0 saturated carbocycles. The molecule has 1 unspecified atom stereocenters. The number of hydrogen-bond acceptors (Lipinski definition) is 2. The number of aliphatic hydroxyl groups is 1. The molecule has 1 atom stereocenters. The maximum atomic E-state index is 10.5. The highest BCUT2D eigenvalue weighted by molar-refractivity contribution is 6.31. The van der Waals surface area contributed by atoms with E-state index in [0.29, 0.717) is 5.02 Å². The molecule has 19 heavy (non-hydrogen) atoms. The Morgan fingerprint density at radius 1 is 1.16 bits per heavy atom. The van der Waals surface area contributed by atoms with Crippen LogP contribution in [0.3, 0.4) is 0 Å². The molecule has 0 saturated heterocycles. The fourth-order valence-corrected chi connectivity index (χ4v) is 2.36. The third kappa shape index (κ3) is 2.14. The second-order valence-electron chi connectivity index (χ2n) is 4.60. The normalized spacial score (nSPS) is 12.8. The van der Waals surface area contributed by atoms with Gasteiger partial charge in [-0.1, -0.05) is 41.9 Å². The van der Waals surface area contributed by atoms with Gasteiger partial charge in [-0.15, -0.1) is 0 Å². The van der Waals surface area contributed by atoms with E-state index < -0.39 is 6.10 Å². The molecule has 2 aromatic carbocycles. The van der Waals surface area contributed by atoms with Crippen molar-refractivity contribution in [3.8, 4) is 0 Å². The van der Waals surface area contributed by atoms with Crippen molar-refractivity contribution in [1.82, 2.24) is 0 Å². The first kappa shape index (κ1) is 12.3. The van der Waals surface area contributed by atoms with Crippen molar-refractivity contribution in [2.75, 3.05) is 0 Å². The number of aryl methyl sites for hydroxylation is 1. The van der Waals surface area contributed by atoms with Gasteiger partial charge in [0.25, 0.3) is 0 Å². The molecule has 0 aliphatic carbocycles. The average Bonchev–Trinajstić information content (AvgIpc) is 2.85. The van der Waals surface area contributed by atoms with Crippen LogP contribution < -0.4 is 0 Å². The van der Waals surface area contributed by atoms with Crippen molar-refractivity contribution in [1.29, 1.82) is 0 Å². The molecular weight excluding hydrogens is 260 g/mol. The van der Waals surface area contributed by atoms with Crippen molar-refractivity contribution >= 4 is 22.6 Å². The molecule has 1 N–H and O–H groups in total. The molecule has 0 amide bonds. The molecule has 2 nitrogen and oxygen atoms in total. The number of fused-ring (bicyclic) bond motifs is 1. The fourth-order valence-electron chi connectivity index (χ4n) is 2.17. The van der Waals surface area contributed by atoms with Gasteiger partial charge in [-0.05, 0) is 30.2 Å². The first-order valence-electron chi connectivity index (χ1n) is 6.07. The molecule has 0 bridgehead atoms. The molecule has 3 aromatic rings. The van der Waals surface area contributed by atoms with Gasteiger partial charge in [-0.3, -0.25) is 0 Å². The third-order valence-electron chi connectivity index (χ3n) is 3.32. The molecular formula is C16H13ClO2. The quantitative estimate of drug-likeness (QED) is 0.746. The second-order valence-corrected chi connectivity index (χ2v) is 5.01. The molecule has 0 aliphatic heterocycles. The van der Waals surface area contributed by atoms with E-state index in [-0.39, 0.29) is 0 Å². The minimum atomic E-state index is -0.734. The van der Waals surface area contributed by atoms with Crippen molar-refractivity contribution in [3.05, 3.63) is 70.4 Å². The summed E-state index contributed by atoms with van der Waals surface area (Å²) in [5.74, 6) is 0. The highest BCUT2D eigenvalue weighted by Gasteiger charge is 2.16. The summed E-state index contributed by atoms with van der Waals surface area (Å²) in [6, 6.07) is 13.2. The smallest absolute Gasteiger partial charge is 0.134 e. The lowest BCUT2D eigenvalue weighted by molar-refractivity contribution is 0.220. The highest BCUT2D eigenvalue weighted by atomic mass is 35.5. The number of hydrogen-bond donors (Lipinski definition) is 1. The Balaban J connectivity index is 2.08. The zero-order valence-electron chi connectivity index (χ0n) is 10.4. The average molecular weight is 273 g/mol. The first-order valence-corrected chi connectivity index (χ1v) is 6.45. The van der Waals surface area contributed by atoms with Gasteiger partial charge in [-0.2, -0.15) is 0 Å². The summed E-state index contributed by atoms with van der Waals surface area (Å²) >= 11 is 6.10. The van der Waals surface area contributed by atoms with E-state index in [1.807, 2.05) is 43.3 Å². The Labute approximate surface area is 116 Å². The van der Waals surface area contributed by atoms with Gasteiger partial charge >= 0.3 is 0 Å². The van der Waals surface area contributed by atoms with E-state index in [9.17, 15) is 5.11 Å². The van der Waals surface area contributed by atoms with E-state index in [0.717, 1.165) is 27.7 Å². The van der Waals surface area contributed by atoms with Crippen LogP contribution in [0.2, 0.25) is 5.02 Å². The SMILES string of the molecule is Cc1ccc(C(O)c2coc3ccccc23)cc1Cl. The van der Waals surface area contributed by atoms with Crippen LogP contribution in [0.25, 0.3) is 11.0 Å². The number of para-hydroxylation sites is 1. The topological polar surface area (TPSA) is 33.4 Å². The van der Waals surface area contributed by atoms with Gasteiger partial charge in [0.1, 0.15) is 11.7 Å². The number of furan rings is 1. The number of halogens is 1. The van der Waals surface area contributed by atoms with Gasteiger partial charge < -0.3 is 9.52 Å². The molecule has 96 valence electrons. The predicted octanol–water partition coefficient (Wildman–Crippen LogP) is 4.48. The molecule has 0 aliphatic rings. The van der Waals surface area contributed by atoms with Crippen molar-refractivity contribution in [2.24, 2.45) is 0 Å². The predicted molar refractivity (Wildman–Crippen MR) is 76.5 cm³/mol. The van der Waals surface area contributed by atoms with Crippen LogP contribution in [0.4, 0.5) is 0 Å². The molecule has 0 spiro atoms. The van der Waals surface area contributed by atoms with Crippen molar-refractivity contribution in [2.45, 2.75) is 13.0 Å². The monoisotopic (exact) mass is 272 g/mol. The van der Waals surface area contributed by atoms with Crippen molar-refractivity contribution < 1.29 is 9.52 Å². The summed E-state index contributed by atoms with van der Waals surface area (Å²) in [4.78, 5) is 0. The lowest BCUT2D eigenvalue weighted by Crippen LogP contribution is -1.98. The van der Waals surface area contributed by atoms with E-state index in [1.165, 1.54) is 0 Å². The molecule has 3 heteroatoms. The summed E-state index contributed by atoms with van der Waals surface area (Å²) in [6.45, 7) is 1.94. The molecule has 0 fully saturated rings. The Kier molecular flexibility index (Phi) is 3.05. The Morgan fingerprint density at radius 3 is 2.74 bits per heavy atom. The fraction of sp³-hybridized carbons (Fsp3) is 0.125. The maximum Gasteiger partial charge on any atom is 0.134 e. The molecule has 0 radical (unpaired) electrons. The Bertz CT molecular complexity index is 730. The summed E-state index contributed by atoms with van der Waals surface area (Å²) < 4.78 is 5.45. The number of rotatable bonds is 2.